The van der Waals surface area contributed by atoms with Crippen LogP contribution in [0.1, 0.15) is 76.8 Å². The summed E-state index contributed by atoms with van der Waals surface area (Å²) in [4.78, 5) is 5.98. The van der Waals surface area contributed by atoms with Crippen LogP contribution in [-0.4, -0.2) is 17.7 Å². The Hall–Kier alpha value is -2.98. The molecule has 1 fully saturated rings. The smallest absolute Gasteiger partial charge is 0.265 e. The van der Waals surface area contributed by atoms with E-state index < -0.39 is 0 Å². The SMILES string of the molecule is [C-]#[N+]/C(C#N)=C1C=C(/C=C/c2ccc3c(c2)CCCN3C(C)(C)C)OC2(CCCCC2)C\1. The van der Waals surface area contributed by atoms with Crippen LogP contribution in [0.5, 0.6) is 0 Å². The first kappa shape index (κ1) is 22.2. The first-order valence-corrected chi connectivity index (χ1v) is 11.8. The molecule has 1 aromatic rings. The zero-order valence-electron chi connectivity index (χ0n) is 19.6. The predicted octanol–water partition coefficient (Wildman–Crippen LogP) is 6.95. The van der Waals surface area contributed by atoms with Crippen LogP contribution < -0.4 is 4.90 Å². The van der Waals surface area contributed by atoms with Crippen molar-refractivity contribution < 1.29 is 4.74 Å². The highest BCUT2D eigenvalue weighted by atomic mass is 16.5. The van der Waals surface area contributed by atoms with E-state index in [1.807, 2.05) is 12.2 Å². The summed E-state index contributed by atoms with van der Waals surface area (Å²) in [5.41, 5.74) is 4.76. The number of nitrogens with zero attached hydrogens (tertiary/aromatic N) is 3. The highest BCUT2D eigenvalue weighted by Crippen LogP contribution is 2.43. The number of allylic oxidation sites excluding steroid dienone is 3. The van der Waals surface area contributed by atoms with Gasteiger partial charge >= 0.3 is 0 Å². The summed E-state index contributed by atoms with van der Waals surface area (Å²) in [7, 11) is 0. The molecule has 2 aliphatic heterocycles. The lowest BCUT2D eigenvalue weighted by Gasteiger charge is -2.42. The second kappa shape index (κ2) is 8.87. The zero-order valence-corrected chi connectivity index (χ0v) is 19.6. The van der Waals surface area contributed by atoms with Crippen molar-refractivity contribution in [3.8, 4) is 6.07 Å². The lowest BCUT2D eigenvalue weighted by atomic mass is 9.78. The molecule has 0 N–H and O–H groups in total. The Morgan fingerprint density at radius 1 is 1.19 bits per heavy atom. The topological polar surface area (TPSA) is 40.6 Å². The van der Waals surface area contributed by atoms with Crippen LogP contribution >= 0.6 is 0 Å². The van der Waals surface area contributed by atoms with Gasteiger partial charge in [-0.1, -0.05) is 18.6 Å². The van der Waals surface area contributed by atoms with Crippen LogP contribution in [0.4, 0.5) is 5.69 Å². The number of hydrogen-bond donors (Lipinski definition) is 0. The Labute approximate surface area is 192 Å². The van der Waals surface area contributed by atoms with Crippen LogP contribution in [-0.2, 0) is 11.2 Å². The Morgan fingerprint density at radius 2 is 1.97 bits per heavy atom. The predicted molar refractivity (Wildman–Crippen MR) is 130 cm³/mol. The molecule has 1 saturated carbocycles. The maximum absolute atomic E-state index is 9.44. The van der Waals surface area contributed by atoms with Gasteiger partial charge in [0.05, 0.1) is 12.6 Å². The van der Waals surface area contributed by atoms with Crippen molar-refractivity contribution in [2.45, 2.75) is 83.3 Å². The first-order chi connectivity index (χ1) is 15.3. The first-order valence-electron chi connectivity index (χ1n) is 11.8. The average molecular weight is 428 g/mol. The molecular weight excluding hydrogens is 394 g/mol. The molecule has 2 heterocycles. The van der Waals surface area contributed by atoms with E-state index in [-0.39, 0.29) is 16.8 Å². The molecule has 1 spiro atoms. The molecule has 166 valence electrons. The van der Waals surface area contributed by atoms with Gasteiger partial charge in [-0.05, 0) is 100 Å². The molecule has 3 aliphatic rings. The molecule has 4 rings (SSSR count). The highest BCUT2D eigenvalue weighted by Gasteiger charge is 2.38. The summed E-state index contributed by atoms with van der Waals surface area (Å²) in [6.07, 6.45) is 14.4. The van der Waals surface area contributed by atoms with Crippen molar-refractivity contribution in [1.29, 1.82) is 5.26 Å². The lowest BCUT2D eigenvalue weighted by Crippen LogP contribution is -2.44. The maximum atomic E-state index is 9.44. The number of anilines is 1. The standard InChI is InChI=1S/C28H33N3O/c1-27(2,3)31-16-8-9-22-17-21(11-13-26(22)31)10-12-24-18-23(25(20-29)30-4)19-28(32-24)14-6-5-7-15-28/h10-13,17-18H,5-9,14-16,19H2,1-3H3/b12-10+,25-23+. The van der Waals surface area contributed by atoms with Crippen LogP contribution in [0, 0.1) is 17.9 Å². The Morgan fingerprint density at radius 3 is 2.66 bits per heavy atom. The second-order valence-electron chi connectivity index (χ2n) is 10.3. The van der Waals surface area contributed by atoms with Gasteiger partial charge in [-0.2, -0.15) is 0 Å². The van der Waals surface area contributed by atoms with E-state index in [4.69, 9.17) is 11.3 Å². The summed E-state index contributed by atoms with van der Waals surface area (Å²) in [6.45, 7) is 15.3. The minimum absolute atomic E-state index is 0.117. The van der Waals surface area contributed by atoms with Crippen molar-refractivity contribution in [3.63, 3.8) is 0 Å². The largest absolute Gasteiger partial charge is 0.487 e. The van der Waals surface area contributed by atoms with E-state index in [1.165, 1.54) is 24.1 Å². The summed E-state index contributed by atoms with van der Waals surface area (Å²) >= 11 is 0. The number of ether oxygens (including phenoxy) is 1. The van der Waals surface area contributed by atoms with Crippen molar-refractivity contribution in [1.82, 2.24) is 0 Å². The van der Waals surface area contributed by atoms with Gasteiger partial charge in [0, 0.05) is 24.2 Å². The molecule has 0 aromatic heterocycles. The highest BCUT2D eigenvalue weighted by molar-refractivity contribution is 5.64. The number of fused-ring (bicyclic) bond motifs is 1. The number of benzene rings is 1. The van der Waals surface area contributed by atoms with Crippen molar-refractivity contribution in [3.05, 3.63) is 69.9 Å². The molecule has 4 nitrogen and oxygen atoms in total. The molecule has 1 aromatic carbocycles. The summed E-state index contributed by atoms with van der Waals surface area (Å²) < 4.78 is 6.50. The summed E-state index contributed by atoms with van der Waals surface area (Å²) in [5.74, 6) is 0.763. The minimum Gasteiger partial charge on any atom is -0.487 e. The van der Waals surface area contributed by atoms with E-state index in [9.17, 15) is 5.26 Å². The zero-order chi connectivity index (χ0) is 22.8. The third-order valence-corrected chi connectivity index (χ3v) is 6.92. The van der Waals surface area contributed by atoms with Gasteiger partial charge in [0.25, 0.3) is 5.70 Å². The molecular formula is C28H33N3O. The second-order valence-corrected chi connectivity index (χ2v) is 10.3. The third kappa shape index (κ3) is 4.61. The minimum atomic E-state index is -0.266. The van der Waals surface area contributed by atoms with E-state index >= 15 is 0 Å². The van der Waals surface area contributed by atoms with Gasteiger partial charge in [-0.3, -0.25) is 0 Å². The molecule has 32 heavy (non-hydrogen) atoms. The molecule has 0 amide bonds. The van der Waals surface area contributed by atoms with Gasteiger partial charge in [0.2, 0.25) is 0 Å². The van der Waals surface area contributed by atoms with Crippen LogP contribution in [0.25, 0.3) is 10.9 Å². The Balaban J connectivity index is 1.63. The van der Waals surface area contributed by atoms with E-state index in [0.717, 1.165) is 55.5 Å². The van der Waals surface area contributed by atoms with Crippen molar-refractivity contribution in [2.75, 3.05) is 11.4 Å². The van der Waals surface area contributed by atoms with Gasteiger partial charge < -0.3 is 9.64 Å². The van der Waals surface area contributed by atoms with Crippen molar-refractivity contribution in [2.24, 2.45) is 0 Å². The monoisotopic (exact) mass is 427 g/mol. The number of aryl methyl sites for hydroxylation is 1. The molecule has 0 bridgehead atoms. The number of hydrogen-bond acceptors (Lipinski definition) is 3. The number of nitriles is 1. The fourth-order valence-electron chi connectivity index (χ4n) is 5.36. The molecule has 0 unspecified atom stereocenters. The Bertz CT molecular complexity index is 1030. The maximum Gasteiger partial charge on any atom is 0.265 e. The van der Waals surface area contributed by atoms with E-state index in [0.29, 0.717) is 6.42 Å². The fourth-order valence-corrected chi connectivity index (χ4v) is 5.36. The van der Waals surface area contributed by atoms with Crippen LogP contribution in [0.3, 0.4) is 0 Å². The lowest BCUT2D eigenvalue weighted by molar-refractivity contribution is -0.0285. The Kier molecular flexibility index (Phi) is 6.16. The summed E-state index contributed by atoms with van der Waals surface area (Å²) in [6, 6.07) is 8.80. The van der Waals surface area contributed by atoms with Gasteiger partial charge in [-0.25, -0.2) is 10.1 Å². The van der Waals surface area contributed by atoms with Gasteiger partial charge in [0.1, 0.15) is 11.4 Å². The number of rotatable bonds is 2. The van der Waals surface area contributed by atoms with Gasteiger partial charge in [0.15, 0.2) is 0 Å². The molecule has 0 atom stereocenters. The third-order valence-electron chi connectivity index (χ3n) is 6.92. The summed E-state index contributed by atoms with van der Waals surface area (Å²) in [5, 5.41) is 9.44. The molecule has 0 saturated heterocycles. The van der Waals surface area contributed by atoms with Gasteiger partial charge in [-0.15, -0.1) is 0 Å². The van der Waals surface area contributed by atoms with Crippen LogP contribution in [0.2, 0.25) is 0 Å². The molecule has 0 radical (unpaired) electrons. The normalized spacial score (nSPS) is 21.9. The van der Waals surface area contributed by atoms with E-state index in [2.05, 4.69) is 60.9 Å². The van der Waals surface area contributed by atoms with Crippen molar-refractivity contribution >= 4 is 11.8 Å². The average Bonchev–Trinajstić information content (AvgIpc) is 2.77. The molecule has 1 aliphatic carbocycles. The van der Waals surface area contributed by atoms with Crippen LogP contribution in [0.15, 0.2) is 47.4 Å². The molecule has 4 heteroatoms. The quantitative estimate of drug-likeness (QED) is 0.378. The fraction of sp³-hybridized carbons (Fsp3) is 0.500. The van der Waals surface area contributed by atoms with E-state index in [1.54, 1.807) is 0 Å².